The highest BCUT2D eigenvalue weighted by molar-refractivity contribution is 9.11. The molecule has 1 saturated heterocycles. The van der Waals surface area contributed by atoms with Gasteiger partial charge in [-0.25, -0.2) is 0 Å². The van der Waals surface area contributed by atoms with Crippen LogP contribution < -0.4 is 10.6 Å². The van der Waals surface area contributed by atoms with Crippen molar-refractivity contribution in [1.82, 2.24) is 15.2 Å². The number of rotatable bonds is 6. The van der Waals surface area contributed by atoms with Crippen LogP contribution in [0.3, 0.4) is 0 Å². The van der Waals surface area contributed by atoms with Gasteiger partial charge in [-0.3, -0.25) is 9.78 Å². The zero-order valence-corrected chi connectivity index (χ0v) is 20.5. The molecule has 5 nitrogen and oxygen atoms in total. The molecule has 1 fully saturated rings. The van der Waals surface area contributed by atoms with Crippen LogP contribution in [-0.4, -0.2) is 27.4 Å². The van der Waals surface area contributed by atoms with E-state index in [2.05, 4.69) is 42.5 Å². The smallest absolute Gasteiger partial charge is 0.226 e. The summed E-state index contributed by atoms with van der Waals surface area (Å²) in [5, 5.41) is 7.11. The van der Waals surface area contributed by atoms with Gasteiger partial charge in [0.05, 0.1) is 21.6 Å². The van der Waals surface area contributed by atoms with Gasteiger partial charge < -0.3 is 15.5 Å². The van der Waals surface area contributed by atoms with Crippen LogP contribution in [0.2, 0.25) is 0 Å². The lowest BCUT2D eigenvalue weighted by Crippen LogP contribution is -2.32. The predicted octanol–water partition coefficient (Wildman–Crippen LogP) is 5.52. The molecule has 0 unspecified atom stereocenters. The van der Waals surface area contributed by atoms with Gasteiger partial charge in [0.15, 0.2) is 5.11 Å². The maximum atomic E-state index is 12.7. The third kappa shape index (κ3) is 4.97. The van der Waals surface area contributed by atoms with E-state index < -0.39 is 0 Å². The number of aryl methyl sites for hydroxylation is 2. The fraction of sp³-hybridized carbons (Fsp3) is 0.261. The monoisotopic (exact) mass is 514 g/mol. The lowest BCUT2D eigenvalue weighted by Gasteiger charge is -2.26. The summed E-state index contributed by atoms with van der Waals surface area (Å²) in [6.45, 7) is 4.54. The van der Waals surface area contributed by atoms with E-state index in [1.807, 2.05) is 56.3 Å². The SMILES string of the molecule is Cc1ccc(C)c(NC(=O)CCN2C(=S)N[C@H](c3ccccn3)[C@H]2c2ccc(Br)s2)c1. The average Bonchev–Trinajstić information content (AvgIpc) is 3.32. The van der Waals surface area contributed by atoms with Gasteiger partial charge in [-0.15, -0.1) is 11.3 Å². The number of hydrogen-bond acceptors (Lipinski definition) is 4. The Balaban J connectivity index is 1.52. The Morgan fingerprint density at radius 2 is 2.10 bits per heavy atom. The Hall–Kier alpha value is -2.29. The van der Waals surface area contributed by atoms with Crippen LogP contribution >= 0.6 is 39.5 Å². The summed E-state index contributed by atoms with van der Waals surface area (Å²) in [7, 11) is 0. The second kappa shape index (κ2) is 9.46. The highest BCUT2D eigenvalue weighted by Gasteiger charge is 2.40. The van der Waals surface area contributed by atoms with Crippen molar-refractivity contribution in [1.29, 1.82) is 0 Å². The molecular weight excluding hydrogens is 492 g/mol. The first-order chi connectivity index (χ1) is 14.9. The summed E-state index contributed by atoms with van der Waals surface area (Å²) < 4.78 is 1.06. The molecule has 31 heavy (non-hydrogen) atoms. The van der Waals surface area contributed by atoms with Crippen LogP contribution in [0.4, 0.5) is 5.69 Å². The largest absolute Gasteiger partial charge is 0.352 e. The lowest BCUT2D eigenvalue weighted by atomic mass is 10.0. The first-order valence-electron chi connectivity index (χ1n) is 10.0. The van der Waals surface area contributed by atoms with Crippen LogP contribution in [-0.2, 0) is 4.79 Å². The van der Waals surface area contributed by atoms with Crippen LogP contribution in [0, 0.1) is 13.8 Å². The van der Waals surface area contributed by atoms with Gasteiger partial charge in [0.2, 0.25) is 5.91 Å². The minimum Gasteiger partial charge on any atom is -0.352 e. The first-order valence-corrected chi connectivity index (χ1v) is 12.0. The summed E-state index contributed by atoms with van der Waals surface area (Å²) in [5.74, 6) is -0.0242. The number of aromatic nitrogens is 1. The number of benzene rings is 1. The number of nitrogens with zero attached hydrogens (tertiary/aromatic N) is 2. The third-order valence-electron chi connectivity index (χ3n) is 5.33. The van der Waals surface area contributed by atoms with Gasteiger partial charge in [-0.05, 0) is 83.5 Å². The molecule has 1 aliphatic rings. The number of anilines is 1. The van der Waals surface area contributed by atoms with Crippen molar-refractivity contribution in [2.24, 2.45) is 0 Å². The molecule has 2 atom stereocenters. The molecule has 160 valence electrons. The van der Waals surface area contributed by atoms with E-state index >= 15 is 0 Å². The topological polar surface area (TPSA) is 57.3 Å². The summed E-state index contributed by atoms with van der Waals surface area (Å²) in [6, 6.07) is 16.0. The van der Waals surface area contributed by atoms with Crippen molar-refractivity contribution in [3.8, 4) is 0 Å². The predicted molar refractivity (Wildman–Crippen MR) is 133 cm³/mol. The van der Waals surface area contributed by atoms with Crippen LogP contribution in [0.1, 0.15) is 40.2 Å². The molecule has 3 heterocycles. The van der Waals surface area contributed by atoms with E-state index in [-0.39, 0.29) is 18.0 Å². The summed E-state index contributed by atoms with van der Waals surface area (Å²) >= 11 is 10.9. The van der Waals surface area contributed by atoms with E-state index in [1.165, 1.54) is 4.88 Å². The molecule has 4 rings (SSSR count). The van der Waals surface area contributed by atoms with Crippen LogP contribution in [0.5, 0.6) is 0 Å². The molecule has 2 aromatic heterocycles. The number of carbonyl (C=O) groups is 1. The van der Waals surface area contributed by atoms with E-state index in [1.54, 1.807) is 17.5 Å². The number of carbonyl (C=O) groups excluding carboxylic acids is 1. The molecule has 1 aliphatic heterocycles. The standard InChI is InChI=1S/C23H23BrN4OS2/c1-14-6-7-15(2)17(13-14)26-20(29)10-12-28-22(18-8-9-19(24)31-18)21(27-23(28)30)16-5-3-4-11-25-16/h3-9,11,13,21-22H,10,12H2,1-2H3,(H,26,29)(H,27,30)/t21-,22-/m1/s1. The fourth-order valence-electron chi connectivity index (χ4n) is 3.75. The molecule has 2 N–H and O–H groups in total. The van der Waals surface area contributed by atoms with Gasteiger partial charge in [-0.1, -0.05) is 18.2 Å². The van der Waals surface area contributed by atoms with E-state index in [0.29, 0.717) is 18.1 Å². The quantitative estimate of drug-likeness (QED) is 0.424. The van der Waals surface area contributed by atoms with Crippen molar-refractivity contribution < 1.29 is 4.79 Å². The minimum absolute atomic E-state index is 0.0211. The van der Waals surface area contributed by atoms with Gasteiger partial charge in [-0.2, -0.15) is 0 Å². The summed E-state index contributed by atoms with van der Waals surface area (Å²) in [5.41, 5.74) is 3.96. The number of halogens is 1. The second-order valence-electron chi connectivity index (χ2n) is 7.58. The molecule has 1 amide bonds. The Morgan fingerprint density at radius 3 is 2.81 bits per heavy atom. The highest BCUT2D eigenvalue weighted by Crippen LogP contribution is 2.42. The van der Waals surface area contributed by atoms with Gasteiger partial charge in [0.25, 0.3) is 0 Å². The number of nitrogens with one attached hydrogen (secondary N) is 2. The molecule has 0 saturated carbocycles. The zero-order valence-electron chi connectivity index (χ0n) is 17.3. The number of amides is 1. The van der Waals surface area contributed by atoms with E-state index in [0.717, 1.165) is 26.3 Å². The molecule has 1 aromatic carbocycles. The van der Waals surface area contributed by atoms with Gasteiger partial charge in [0.1, 0.15) is 0 Å². The lowest BCUT2D eigenvalue weighted by molar-refractivity contribution is -0.116. The van der Waals surface area contributed by atoms with Crippen molar-refractivity contribution in [3.63, 3.8) is 0 Å². The normalized spacial score (nSPS) is 18.2. The average molecular weight is 516 g/mol. The summed E-state index contributed by atoms with van der Waals surface area (Å²) in [6.07, 6.45) is 2.13. The second-order valence-corrected chi connectivity index (χ2v) is 10.5. The van der Waals surface area contributed by atoms with Crippen LogP contribution in [0.15, 0.2) is 58.5 Å². The Labute approximate surface area is 200 Å². The molecule has 0 radical (unpaired) electrons. The third-order valence-corrected chi connectivity index (χ3v) is 7.38. The molecule has 0 aliphatic carbocycles. The molecule has 0 spiro atoms. The van der Waals surface area contributed by atoms with E-state index in [4.69, 9.17) is 12.2 Å². The van der Waals surface area contributed by atoms with Crippen molar-refractivity contribution in [2.45, 2.75) is 32.4 Å². The maximum absolute atomic E-state index is 12.7. The molecule has 0 bridgehead atoms. The fourth-order valence-corrected chi connectivity index (χ4v) is 5.65. The summed E-state index contributed by atoms with van der Waals surface area (Å²) in [4.78, 5) is 20.5. The Bertz CT molecular complexity index is 1100. The first kappa shape index (κ1) is 21.9. The number of pyridine rings is 1. The minimum atomic E-state index is -0.0682. The molecule has 8 heteroatoms. The van der Waals surface area contributed by atoms with Gasteiger partial charge in [0, 0.05) is 29.7 Å². The van der Waals surface area contributed by atoms with E-state index in [9.17, 15) is 4.79 Å². The van der Waals surface area contributed by atoms with Crippen molar-refractivity contribution in [3.05, 3.63) is 80.2 Å². The molecule has 3 aromatic rings. The maximum Gasteiger partial charge on any atom is 0.226 e. The Morgan fingerprint density at radius 1 is 1.26 bits per heavy atom. The van der Waals surface area contributed by atoms with Gasteiger partial charge >= 0.3 is 0 Å². The zero-order chi connectivity index (χ0) is 22.0. The van der Waals surface area contributed by atoms with Crippen LogP contribution in [0.25, 0.3) is 0 Å². The number of thiophene rings is 1. The number of hydrogen-bond donors (Lipinski definition) is 2. The number of thiocarbonyl (C=S) groups is 1. The molecular formula is C23H23BrN4OS2. The van der Waals surface area contributed by atoms with Crippen molar-refractivity contribution in [2.75, 3.05) is 11.9 Å². The highest BCUT2D eigenvalue weighted by atomic mass is 79.9. The van der Waals surface area contributed by atoms with Crippen molar-refractivity contribution >= 4 is 56.2 Å². The Kier molecular flexibility index (Phi) is 6.69.